The molecule has 0 saturated carbocycles. The quantitative estimate of drug-likeness (QED) is 0.904. The highest BCUT2D eigenvalue weighted by Gasteiger charge is 2.25. The standard InChI is InChI=1S/C15H20N2O3S/c1-15(2,3)14(18)10-17-21(19,20)13-6-4-5-11-9-16-8-7-12(11)13/h4-9,14,17-18H,10H2,1-3H3. The third-order valence-electron chi connectivity index (χ3n) is 3.40. The molecule has 0 radical (unpaired) electrons. The Morgan fingerprint density at radius 3 is 2.67 bits per heavy atom. The molecule has 0 aliphatic heterocycles. The van der Waals surface area contributed by atoms with E-state index in [-0.39, 0.29) is 16.9 Å². The van der Waals surface area contributed by atoms with Gasteiger partial charge in [-0.2, -0.15) is 0 Å². The number of nitrogens with zero attached hydrogens (tertiary/aromatic N) is 1. The molecule has 1 atom stereocenters. The highest BCUT2D eigenvalue weighted by molar-refractivity contribution is 7.89. The lowest BCUT2D eigenvalue weighted by Crippen LogP contribution is -2.39. The number of aliphatic hydroxyl groups is 1. The van der Waals surface area contributed by atoms with Crippen LogP contribution in [0.5, 0.6) is 0 Å². The van der Waals surface area contributed by atoms with Crippen molar-refractivity contribution < 1.29 is 13.5 Å². The van der Waals surface area contributed by atoms with Crippen molar-refractivity contribution in [2.24, 2.45) is 5.41 Å². The molecule has 0 saturated heterocycles. The minimum Gasteiger partial charge on any atom is -0.391 e. The second kappa shape index (κ2) is 5.71. The monoisotopic (exact) mass is 308 g/mol. The van der Waals surface area contributed by atoms with Crippen LogP contribution in [0, 0.1) is 5.41 Å². The molecule has 2 rings (SSSR count). The highest BCUT2D eigenvalue weighted by atomic mass is 32.2. The Bertz CT molecular complexity index is 731. The number of nitrogens with one attached hydrogen (secondary N) is 1. The second-order valence-corrected chi connectivity index (χ2v) is 7.82. The number of rotatable bonds is 4. The van der Waals surface area contributed by atoms with Crippen LogP contribution in [0.25, 0.3) is 10.8 Å². The lowest BCUT2D eigenvalue weighted by atomic mass is 9.89. The molecule has 0 bridgehead atoms. The molecule has 2 aromatic rings. The van der Waals surface area contributed by atoms with Gasteiger partial charge in [-0.15, -0.1) is 0 Å². The first-order chi connectivity index (χ1) is 9.72. The van der Waals surface area contributed by atoms with Crippen molar-refractivity contribution in [1.82, 2.24) is 9.71 Å². The molecule has 0 aliphatic rings. The Hall–Kier alpha value is -1.50. The van der Waals surface area contributed by atoms with E-state index in [4.69, 9.17) is 0 Å². The summed E-state index contributed by atoms with van der Waals surface area (Å²) < 4.78 is 27.3. The summed E-state index contributed by atoms with van der Waals surface area (Å²) in [4.78, 5) is 4.19. The molecule has 1 heterocycles. The molecule has 114 valence electrons. The minimum atomic E-state index is -3.68. The molecule has 1 unspecified atom stereocenters. The molecule has 1 aromatic heterocycles. The zero-order chi connectivity index (χ0) is 15.7. The Labute approximate surface area is 125 Å². The van der Waals surface area contributed by atoms with Gasteiger partial charge < -0.3 is 5.11 Å². The summed E-state index contributed by atoms with van der Waals surface area (Å²) >= 11 is 0. The largest absolute Gasteiger partial charge is 0.391 e. The van der Waals surface area contributed by atoms with Crippen molar-refractivity contribution in [3.8, 4) is 0 Å². The average molecular weight is 308 g/mol. The second-order valence-electron chi connectivity index (χ2n) is 6.09. The number of hydrogen-bond donors (Lipinski definition) is 2. The fourth-order valence-electron chi connectivity index (χ4n) is 1.90. The molecule has 0 amide bonds. The maximum absolute atomic E-state index is 12.4. The summed E-state index contributed by atoms with van der Waals surface area (Å²) in [6.45, 7) is 5.55. The van der Waals surface area contributed by atoms with Gasteiger partial charge in [0.25, 0.3) is 0 Å². The van der Waals surface area contributed by atoms with E-state index in [1.165, 1.54) is 0 Å². The molecular formula is C15H20N2O3S. The summed E-state index contributed by atoms with van der Waals surface area (Å²) in [6.07, 6.45) is 2.42. The molecule has 6 heteroatoms. The molecule has 0 spiro atoms. The van der Waals surface area contributed by atoms with Crippen molar-refractivity contribution in [3.05, 3.63) is 36.7 Å². The number of fused-ring (bicyclic) bond motifs is 1. The third kappa shape index (κ3) is 3.58. The van der Waals surface area contributed by atoms with Crippen LogP contribution in [0.15, 0.2) is 41.6 Å². The Morgan fingerprint density at radius 1 is 1.29 bits per heavy atom. The van der Waals surface area contributed by atoms with Crippen molar-refractivity contribution in [1.29, 1.82) is 0 Å². The topological polar surface area (TPSA) is 79.3 Å². The predicted octanol–water partition coefficient (Wildman–Crippen LogP) is 1.92. The highest BCUT2D eigenvalue weighted by Crippen LogP contribution is 2.23. The van der Waals surface area contributed by atoms with Gasteiger partial charge in [-0.25, -0.2) is 13.1 Å². The minimum absolute atomic E-state index is 0.0205. The van der Waals surface area contributed by atoms with Crippen molar-refractivity contribution >= 4 is 20.8 Å². The Morgan fingerprint density at radius 2 is 2.00 bits per heavy atom. The van der Waals surface area contributed by atoms with Gasteiger partial charge in [0.2, 0.25) is 10.0 Å². The van der Waals surface area contributed by atoms with Gasteiger partial charge in [-0.1, -0.05) is 32.9 Å². The number of benzene rings is 1. The fourth-order valence-corrected chi connectivity index (χ4v) is 3.17. The van der Waals surface area contributed by atoms with Gasteiger partial charge in [-0.3, -0.25) is 4.98 Å². The van der Waals surface area contributed by atoms with E-state index in [2.05, 4.69) is 9.71 Å². The molecule has 1 aromatic carbocycles. The first-order valence-electron chi connectivity index (χ1n) is 6.72. The van der Waals surface area contributed by atoms with Crippen LogP contribution < -0.4 is 4.72 Å². The lowest BCUT2D eigenvalue weighted by Gasteiger charge is -2.25. The molecule has 0 aliphatic carbocycles. The van der Waals surface area contributed by atoms with Crippen LogP contribution in [0.1, 0.15) is 20.8 Å². The van der Waals surface area contributed by atoms with Crippen LogP contribution in [0.4, 0.5) is 0 Å². The van der Waals surface area contributed by atoms with E-state index in [0.29, 0.717) is 5.39 Å². The lowest BCUT2D eigenvalue weighted by molar-refractivity contribution is 0.0677. The van der Waals surface area contributed by atoms with E-state index in [1.54, 1.807) is 30.6 Å². The third-order valence-corrected chi connectivity index (χ3v) is 4.88. The van der Waals surface area contributed by atoms with E-state index in [0.717, 1.165) is 5.39 Å². The van der Waals surface area contributed by atoms with Gasteiger partial charge in [0, 0.05) is 29.7 Å². The number of sulfonamides is 1. The smallest absolute Gasteiger partial charge is 0.241 e. The van der Waals surface area contributed by atoms with Gasteiger partial charge in [0.15, 0.2) is 0 Å². The summed E-state index contributed by atoms with van der Waals surface area (Å²) in [7, 11) is -3.68. The molecular weight excluding hydrogens is 288 g/mol. The van der Waals surface area contributed by atoms with Crippen LogP contribution in [-0.4, -0.2) is 31.2 Å². The van der Waals surface area contributed by atoms with Gasteiger partial charge in [-0.05, 0) is 17.5 Å². The van der Waals surface area contributed by atoms with Crippen molar-refractivity contribution in [2.45, 2.75) is 31.8 Å². The first-order valence-corrected chi connectivity index (χ1v) is 8.20. The fraction of sp³-hybridized carbons (Fsp3) is 0.400. The zero-order valence-corrected chi connectivity index (χ0v) is 13.2. The van der Waals surface area contributed by atoms with Crippen molar-refractivity contribution in [3.63, 3.8) is 0 Å². The Kier molecular flexibility index (Phi) is 4.32. The predicted molar refractivity (Wildman–Crippen MR) is 82.4 cm³/mol. The van der Waals surface area contributed by atoms with Gasteiger partial charge in [0.1, 0.15) is 0 Å². The first kappa shape index (κ1) is 15.9. The zero-order valence-electron chi connectivity index (χ0n) is 12.4. The summed E-state index contributed by atoms with van der Waals surface area (Å²) in [5.41, 5.74) is -0.384. The van der Waals surface area contributed by atoms with E-state index >= 15 is 0 Å². The van der Waals surface area contributed by atoms with E-state index in [9.17, 15) is 13.5 Å². The number of aliphatic hydroxyl groups excluding tert-OH is 1. The Balaban J connectivity index is 2.31. The number of aromatic nitrogens is 1. The van der Waals surface area contributed by atoms with E-state index in [1.807, 2.05) is 26.8 Å². The molecule has 21 heavy (non-hydrogen) atoms. The van der Waals surface area contributed by atoms with Crippen LogP contribution in [0.3, 0.4) is 0 Å². The maximum Gasteiger partial charge on any atom is 0.241 e. The van der Waals surface area contributed by atoms with E-state index < -0.39 is 16.1 Å². The number of hydrogen-bond acceptors (Lipinski definition) is 4. The van der Waals surface area contributed by atoms with Crippen LogP contribution in [0.2, 0.25) is 0 Å². The molecule has 5 nitrogen and oxygen atoms in total. The van der Waals surface area contributed by atoms with Crippen molar-refractivity contribution in [2.75, 3.05) is 6.54 Å². The SMILES string of the molecule is CC(C)(C)C(O)CNS(=O)(=O)c1cccc2cnccc12. The molecule has 0 fully saturated rings. The summed E-state index contributed by atoms with van der Waals surface area (Å²) in [6, 6.07) is 6.71. The van der Waals surface area contributed by atoms with Crippen LogP contribution in [-0.2, 0) is 10.0 Å². The average Bonchev–Trinajstić information content (AvgIpc) is 2.43. The van der Waals surface area contributed by atoms with Gasteiger partial charge in [0.05, 0.1) is 11.0 Å². The molecule has 2 N–H and O–H groups in total. The van der Waals surface area contributed by atoms with Crippen LogP contribution >= 0.6 is 0 Å². The van der Waals surface area contributed by atoms with Gasteiger partial charge >= 0.3 is 0 Å². The number of pyridine rings is 1. The summed E-state index contributed by atoms with van der Waals surface area (Å²) in [5.74, 6) is 0. The maximum atomic E-state index is 12.4. The normalized spacial score (nSPS) is 14.3. The summed E-state index contributed by atoms with van der Waals surface area (Å²) in [5, 5.41) is 11.3.